The van der Waals surface area contributed by atoms with Crippen molar-refractivity contribution in [1.82, 2.24) is 0 Å². The first-order valence-corrected chi connectivity index (χ1v) is 7.44. The van der Waals surface area contributed by atoms with Gasteiger partial charge in [-0.1, -0.05) is 24.3 Å². The molecule has 3 rings (SSSR count). The van der Waals surface area contributed by atoms with E-state index in [0.717, 1.165) is 28.8 Å². The van der Waals surface area contributed by atoms with Crippen LogP contribution in [-0.4, -0.2) is 22.6 Å². The molecule has 4 nitrogen and oxygen atoms in total. The number of carbonyl (C=O) groups is 3. The first-order chi connectivity index (χ1) is 10.1. The maximum Gasteiger partial charge on any atom is 0.372 e. The van der Waals surface area contributed by atoms with E-state index in [1.54, 1.807) is 5.38 Å². The number of carboxylic acids is 1. The van der Waals surface area contributed by atoms with Crippen molar-refractivity contribution in [1.29, 1.82) is 0 Å². The molecule has 0 fully saturated rings. The molecule has 0 atom stereocenters. The predicted octanol–water partition coefficient (Wildman–Crippen LogP) is 2.74. The van der Waals surface area contributed by atoms with Crippen LogP contribution in [0.2, 0.25) is 0 Å². The van der Waals surface area contributed by atoms with Gasteiger partial charge in [-0.3, -0.25) is 9.59 Å². The van der Waals surface area contributed by atoms with Crippen molar-refractivity contribution in [2.75, 3.05) is 0 Å². The largest absolute Gasteiger partial charge is 0.475 e. The fourth-order valence-corrected chi connectivity index (χ4v) is 3.82. The van der Waals surface area contributed by atoms with E-state index in [4.69, 9.17) is 5.11 Å². The van der Waals surface area contributed by atoms with E-state index in [-0.39, 0.29) is 0 Å². The van der Waals surface area contributed by atoms with Gasteiger partial charge in [-0.25, -0.2) is 4.79 Å². The normalized spacial score (nSPS) is 12.4. The Morgan fingerprint density at radius 2 is 1.90 bits per heavy atom. The lowest BCUT2D eigenvalue weighted by Crippen LogP contribution is -2.18. The van der Waals surface area contributed by atoms with Gasteiger partial charge < -0.3 is 5.11 Å². The number of thiophene rings is 1. The molecule has 5 heteroatoms. The zero-order valence-electron chi connectivity index (χ0n) is 11.1. The van der Waals surface area contributed by atoms with Crippen LogP contribution in [0.5, 0.6) is 0 Å². The Labute approximate surface area is 125 Å². The number of hydrogen-bond acceptors (Lipinski definition) is 4. The van der Waals surface area contributed by atoms with Gasteiger partial charge in [-0.05, 0) is 29.5 Å². The smallest absolute Gasteiger partial charge is 0.372 e. The summed E-state index contributed by atoms with van der Waals surface area (Å²) in [5.74, 6) is -3.02. The molecule has 1 heterocycles. The molecule has 0 saturated heterocycles. The monoisotopic (exact) mass is 300 g/mol. The minimum absolute atomic E-state index is 0.403. The average Bonchev–Trinajstić information content (AvgIpc) is 2.91. The summed E-state index contributed by atoms with van der Waals surface area (Å²) >= 11 is 1.48. The molecule has 1 aliphatic carbocycles. The molecule has 0 radical (unpaired) electrons. The Hall–Kier alpha value is -2.27. The number of carbonyl (C=O) groups excluding carboxylic acids is 2. The second kappa shape index (κ2) is 5.26. The number of carboxylic acid groups (broad SMARTS) is 1. The molecule has 106 valence electrons. The molecule has 0 saturated carbocycles. The van der Waals surface area contributed by atoms with Crippen LogP contribution in [0.3, 0.4) is 0 Å². The van der Waals surface area contributed by atoms with Crippen molar-refractivity contribution >= 4 is 28.9 Å². The Morgan fingerprint density at radius 3 is 2.67 bits per heavy atom. The van der Waals surface area contributed by atoms with Gasteiger partial charge in [0.15, 0.2) is 5.78 Å². The van der Waals surface area contributed by atoms with Crippen LogP contribution in [0, 0.1) is 0 Å². The number of benzene rings is 1. The molecule has 0 unspecified atom stereocenters. The molecule has 0 bridgehead atoms. The third-order valence-corrected chi connectivity index (χ3v) is 4.72. The highest BCUT2D eigenvalue weighted by atomic mass is 32.1. The van der Waals surface area contributed by atoms with Gasteiger partial charge in [0.2, 0.25) is 5.78 Å². The summed E-state index contributed by atoms with van der Waals surface area (Å²) in [6, 6.07) is 8.06. The quantitative estimate of drug-likeness (QED) is 0.535. The predicted molar refractivity (Wildman–Crippen MR) is 78.8 cm³/mol. The van der Waals surface area contributed by atoms with E-state index in [2.05, 4.69) is 6.07 Å². The lowest BCUT2D eigenvalue weighted by atomic mass is 9.88. The molecule has 1 aliphatic rings. The number of hydrogen-bond donors (Lipinski definition) is 1. The Morgan fingerprint density at radius 1 is 1.14 bits per heavy atom. The molecule has 0 amide bonds. The fourth-order valence-electron chi connectivity index (χ4n) is 2.63. The van der Waals surface area contributed by atoms with Crippen LogP contribution in [0.1, 0.15) is 27.9 Å². The van der Waals surface area contributed by atoms with Crippen molar-refractivity contribution in [2.45, 2.75) is 19.3 Å². The Balaban J connectivity index is 1.95. The molecule has 2 aromatic rings. The van der Waals surface area contributed by atoms with Gasteiger partial charge in [0.1, 0.15) is 0 Å². The maximum atomic E-state index is 12.1. The van der Waals surface area contributed by atoms with Crippen LogP contribution < -0.4 is 0 Å². The molecular formula is C16H12O4S. The van der Waals surface area contributed by atoms with Crippen LogP contribution in [-0.2, 0) is 22.4 Å². The minimum Gasteiger partial charge on any atom is -0.475 e. The molecule has 0 spiro atoms. The van der Waals surface area contributed by atoms with Crippen LogP contribution >= 0.6 is 11.3 Å². The highest BCUT2D eigenvalue weighted by Crippen LogP contribution is 2.40. The number of aryl methyl sites for hydroxylation is 1. The molecule has 21 heavy (non-hydrogen) atoms. The average molecular weight is 300 g/mol. The van der Waals surface area contributed by atoms with E-state index in [1.165, 1.54) is 16.9 Å². The van der Waals surface area contributed by atoms with Crippen molar-refractivity contribution < 1.29 is 19.5 Å². The number of ketones is 2. The summed E-state index contributed by atoms with van der Waals surface area (Å²) in [7, 11) is 0. The summed E-state index contributed by atoms with van der Waals surface area (Å²) < 4.78 is 0. The van der Waals surface area contributed by atoms with Gasteiger partial charge in [0, 0.05) is 15.8 Å². The van der Waals surface area contributed by atoms with Gasteiger partial charge in [-0.2, -0.15) is 0 Å². The summed E-state index contributed by atoms with van der Waals surface area (Å²) in [6.07, 6.45) is 1.03. The fraction of sp³-hybridized carbons (Fsp3) is 0.188. The van der Waals surface area contributed by atoms with E-state index < -0.39 is 24.0 Å². The lowest BCUT2D eigenvalue weighted by Gasteiger charge is -2.16. The first kappa shape index (κ1) is 13.7. The van der Waals surface area contributed by atoms with Crippen LogP contribution in [0.15, 0.2) is 29.6 Å². The lowest BCUT2D eigenvalue weighted by molar-refractivity contribution is -0.148. The second-order valence-electron chi connectivity index (χ2n) is 4.94. The topological polar surface area (TPSA) is 71.4 Å². The van der Waals surface area contributed by atoms with Crippen molar-refractivity contribution in [2.24, 2.45) is 0 Å². The number of Topliss-reactive ketones (excluding diaryl/α,β-unsaturated/α-hetero) is 2. The Kier molecular flexibility index (Phi) is 3.43. The van der Waals surface area contributed by atoms with E-state index in [9.17, 15) is 14.4 Å². The van der Waals surface area contributed by atoms with Gasteiger partial charge >= 0.3 is 5.97 Å². The molecular weight excluding hydrogens is 288 g/mol. The zero-order valence-corrected chi connectivity index (χ0v) is 11.9. The highest BCUT2D eigenvalue weighted by Gasteiger charge is 2.25. The summed E-state index contributed by atoms with van der Waals surface area (Å²) in [6.45, 7) is 0. The third-order valence-electron chi connectivity index (χ3n) is 3.66. The van der Waals surface area contributed by atoms with Crippen molar-refractivity contribution in [3.8, 4) is 10.4 Å². The van der Waals surface area contributed by atoms with Crippen LogP contribution in [0.4, 0.5) is 0 Å². The number of aliphatic carboxylic acids is 1. The Bertz CT molecular complexity index is 757. The number of fused-ring (bicyclic) bond motifs is 3. The maximum absolute atomic E-state index is 12.1. The van der Waals surface area contributed by atoms with Crippen molar-refractivity contribution in [3.05, 3.63) is 46.3 Å². The van der Waals surface area contributed by atoms with E-state index in [1.807, 2.05) is 18.2 Å². The van der Waals surface area contributed by atoms with E-state index >= 15 is 0 Å². The van der Waals surface area contributed by atoms with E-state index in [0.29, 0.717) is 5.56 Å². The second-order valence-corrected chi connectivity index (χ2v) is 5.82. The standard InChI is InChI=1S/C16H12O4S/c17-13(7-14(18)16(19)20)12-8-21-15-10-4-2-1-3-9(10)5-6-11(12)15/h1-4,8H,5-7H2,(H,19,20). The van der Waals surface area contributed by atoms with Gasteiger partial charge in [0.05, 0.1) is 6.42 Å². The van der Waals surface area contributed by atoms with Crippen LogP contribution in [0.25, 0.3) is 10.4 Å². The molecule has 1 aromatic carbocycles. The summed E-state index contributed by atoms with van der Waals surface area (Å²) in [5, 5.41) is 10.3. The molecule has 1 N–H and O–H groups in total. The zero-order chi connectivity index (χ0) is 15.0. The van der Waals surface area contributed by atoms with Gasteiger partial charge in [0.25, 0.3) is 0 Å². The first-order valence-electron chi connectivity index (χ1n) is 6.56. The highest BCUT2D eigenvalue weighted by molar-refractivity contribution is 7.14. The van der Waals surface area contributed by atoms with Crippen molar-refractivity contribution in [3.63, 3.8) is 0 Å². The molecule has 1 aromatic heterocycles. The molecule has 0 aliphatic heterocycles. The minimum atomic E-state index is -1.56. The SMILES string of the molecule is O=C(O)C(=O)CC(=O)c1csc2c1CCc1ccccc1-2. The number of rotatable bonds is 4. The van der Waals surface area contributed by atoms with Gasteiger partial charge in [-0.15, -0.1) is 11.3 Å². The summed E-state index contributed by atoms with van der Waals surface area (Å²) in [5.41, 5.74) is 3.83. The third kappa shape index (κ3) is 2.40. The summed E-state index contributed by atoms with van der Waals surface area (Å²) in [4.78, 5) is 34.9.